The molecule has 1 amide bonds. The van der Waals surface area contributed by atoms with E-state index < -0.39 is 0 Å². The Bertz CT molecular complexity index is 1070. The smallest absolute Gasteiger partial charge is 0.262 e. The first kappa shape index (κ1) is 17.1. The summed E-state index contributed by atoms with van der Waals surface area (Å²) in [4.78, 5) is 27.4. The molecule has 1 aromatic heterocycles. The molecule has 0 radical (unpaired) electrons. The largest absolute Gasteiger partial charge is 0.493 e. The lowest BCUT2D eigenvalue weighted by Gasteiger charge is -2.11. The third-order valence-electron chi connectivity index (χ3n) is 4.80. The molecule has 4 rings (SSSR count). The Kier molecular flexibility index (Phi) is 4.54. The number of H-pyrrole nitrogens is 1. The minimum absolute atomic E-state index is 0.0296. The van der Waals surface area contributed by atoms with Gasteiger partial charge in [0.25, 0.3) is 11.5 Å². The number of ether oxygens (including phenoxy) is 2. The Morgan fingerprint density at radius 2 is 1.89 bits per heavy atom. The number of fused-ring (bicyclic) bond motifs is 3. The number of hydrogen-bond donors (Lipinski definition) is 2. The van der Waals surface area contributed by atoms with Crippen molar-refractivity contribution in [1.82, 2.24) is 4.98 Å². The van der Waals surface area contributed by atoms with E-state index >= 15 is 0 Å². The number of rotatable bonds is 5. The molecule has 0 fully saturated rings. The number of hydrogen-bond acceptors (Lipinski definition) is 4. The summed E-state index contributed by atoms with van der Waals surface area (Å²) in [6.07, 6.45) is 2.77. The van der Waals surface area contributed by atoms with Gasteiger partial charge in [-0.25, -0.2) is 0 Å². The van der Waals surface area contributed by atoms with Gasteiger partial charge in [-0.15, -0.1) is 0 Å². The van der Waals surface area contributed by atoms with Crippen molar-refractivity contribution in [3.63, 3.8) is 0 Å². The fourth-order valence-corrected chi connectivity index (χ4v) is 3.56. The molecule has 27 heavy (non-hydrogen) atoms. The number of anilines is 1. The minimum atomic E-state index is -0.288. The highest BCUT2D eigenvalue weighted by atomic mass is 16.5. The third-order valence-corrected chi connectivity index (χ3v) is 4.80. The van der Waals surface area contributed by atoms with Crippen LogP contribution in [-0.2, 0) is 17.6 Å². The average molecular weight is 364 g/mol. The van der Waals surface area contributed by atoms with Crippen LogP contribution in [0.1, 0.15) is 17.5 Å². The van der Waals surface area contributed by atoms with E-state index in [1.54, 1.807) is 25.3 Å². The maximum absolute atomic E-state index is 12.2. The lowest BCUT2D eigenvalue weighted by molar-refractivity contribution is -0.118. The second-order valence-electron chi connectivity index (χ2n) is 6.51. The summed E-state index contributed by atoms with van der Waals surface area (Å²) in [6, 6.07) is 12.7. The summed E-state index contributed by atoms with van der Waals surface area (Å²) in [5, 5.41) is 3.85. The highest BCUT2D eigenvalue weighted by Gasteiger charge is 2.18. The minimum Gasteiger partial charge on any atom is -0.493 e. The van der Waals surface area contributed by atoms with Gasteiger partial charge < -0.3 is 19.8 Å². The number of para-hydroxylation sites is 2. The number of benzene rings is 2. The Hall–Kier alpha value is -3.28. The van der Waals surface area contributed by atoms with Crippen molar-refractivity contribution >= 4 is 22.5 Å². The quantitative estimate of drug-likeness (QED) is 0.729. The predicted octanol–water partition coefficient (Wildman–Crippen LogP) is 3.04. The molecule has 6 nitrogen and oxygen atoms in total. The first-order chi connectivity index (χ1) is 13.2. The van der Waals surface area contributed by atoms with Crippen LogP contribution in [0.4, 0.5) is 5.69 Å². The summed E-state index contributed by atoms with van der Waals surface area (Å²) in [7, 11) is 1.55. The van der Waals surface area contributed by atoms with Crippen LogP contribution in [-0.4, -0.2) is 24.6 Å². The second-order valence-corrected chi connectivity index (χ2v) is 6.51. The van der Waals surface area contributed by atoms with Crippen LogP contribution in [0, 0.1) is 0 Å². The second kappa shape index (κ2) is 7.15. The van der Waals surface area contributed by atoms with Gasteiger partial charge in [-0.2, -0.15) is 0 Å². The molecule has 0 unspecified atom stereocenters. The molecule has 0 saturated heterocycles. The van der Waals surface area contributed by atoms with E-state index in [1.807, 2.05) is 24.3 Å². The van der Waals surface area contributed by atoms with Crippen LogP contribution < -0.4 is 20.3 Å². The van der Waals surface area contributed by atoms with E-state index in [-0.39, 0.29) is 18.1 Å². The molecule has 6 heteroatoms. The van der Waals surface area contributed by atoms with E-state index in [4.69, 9.17) is 9.47 Å². The number of aromatic amines is 1. The Labute approximate surface area is 156 Å². The van der Waals surface area contributed by atoms with Crippen LogP contribution in [0.15, 0.2) is 47.3 Å². The van der Waals surface area contributed by atoms with E-state index in [2.05, 4.69) is 10.3 Å². The van der Waals surface area contributed by atoms with Gasteiger partial charge in [0.1, 0.15) is 0 Å². The summed E-state index contributed by atoms with van der Waals surface area (Å²) in [6.45, 7) is -0.140. The van der Waals surface area contributed by atoms with E-state index in [1.165, 1.54) is 0 Å². The third kappa shape index (κ3) is 3.38. The van der Waals surface area contributed by atoms with E-state index in [0.717, 1.165) is 41.3 Å². The van der Waals surface area contributed by atoms with E-state index in [0.29, 0.717) is 17.2 Å². The van der Waals surface area contributed by atoms with Gasteiger partial charge in [-0.05, 0) is 49.1 Å². The van der Waals surface area contributed by atoms with Gasteiger partial charge in [-0.3, -0.25) is 9.59 Å². The zero-order chi connectivity index (χ0) is 18.8. The maximum atomic E-state index is 12.2. The van der Waals surface area contributed by atoms with Crippen LogP contribution in [0.5, 0.6) is 11.5 Å². The summed E-state index contributed by atoms with van der Waals surface area (Å²) in [5.74, 6) is 0.791. The van der Waals surface area contributed by atoms with Crippen molar-refractivity contribution in [2.75, 3.05) is 19.0 Å². The molecular weight excluding hydrogens is 344 g/mol. The number of carbonyl (C=O) groups excluding carboxylic acids is 1. The van der Waals surface area contributed by atoms with Crippen LogP contribution >= 0.6 is 0 Å². The molecule has 2 N–H and O–H groups in total. The molecule has 0 bridgehead atoms. The zero-order valence-corrected chi connectivity index (χ0v) is 15.0. The fourth-order valence-electron chi connectivity index (χ4n) is 3.56. The zero-order valence-electron chi connectivity index (χ0n) is 15.0. The number of pyridine rings is 1. The monoisotopic (exact) mass is 364 g/mol. The molecule has 3 aromatic rings. The van der Waals surface area contributed by atoms with Crippen LogP contribution in [0.3, 0.4) is 0 Å². The van der Waals surface area contributed by atoms with Gasteiger partial charge in [-0.1, -0.05) is 18.2 Å². The number of methoxy groups -OCH3 is 1. The van der Waals surface area contributed by atoms with Crippen molar-refractivity contribution in [2.24, 2.45) is 0 Å². The number of carbonyl (C=O) groups is 1. The molecule has 0 spiro atoms. The first-order valence-corrected chi connectivity index (χ1v) is 8.89. The number of aromatic nitrogens is 1. The lowest BCUT2D eigenvalue weighted by atomic mass is 10.1. The maximum Gasteiger partial charge on any atom is 0.262 e. The molecule has 2 aromatic carbocycles. The van der Waals surface area contributed by atoms with Crippen molar-refractivity contribution in [3.8, 4) is 11.5 Å². The summed E-state index contributed by atoms with van der Waals surface area (Å²) < 4.78 is 10.7. The molecule has 0 atom stereocenters. The van der Waals surface area contributed by atoms with Crippen LogP contribution in [0.25, 0.3) is 10.9 Å². The Morgan fingerprint density at radius 1 is 1.11 bits per heavy atom. The fraction of sp³-hybridized carbons (Fsp3) is 0.238. The van der Waals surface area contributed by atoms with Gasteiger partial charge in [0.05, 0.1) is 12.6 Å². The molecule has 1 heterocycles. The number of aryl methyl sites for hydroxylation is 1. The highest BCUT2D eigenvalue weighted by Crippen LogP contribution is 2.28. The van der Waals surface area contributed by atoms with E-state index in [9.17, 15) is 9.59 Å². The number of nitrogens with one attached hydrogen (secondary N) is 2. The normalized spacial score (nSPS) is 12.6. The SMILES string of the molecule is COc1ccccc1OCC(=O)Nc1ccc2c3c(c(=O)[nH]c2c1)CCC3. The van der Waals surface area contributed by atoms with Crippen molar-refractivity contribution in [2.45, 2.75) is 19.3 Å². The standard InChI is InChI=1S/C21H20N2O4/c1-26-18-7-2-3-8-19(18)27-12-20(24)22-13-9-10-15-14-5-4-6-16(14)21(25)23-17(15)11-13/h2-3,7-11H,4-6,12H2,1H3,(H,22,24)(H,23,25). The average Bonchev–Trinajstić information content (AvgIpc) is 3.17. The highest BCUT2D eigenvalue weighted by molar-refractivity contribution is 5.95. The summed E-state index contributed by atoms with van der Waals surface area (Å²) >= 11 is 0. The van der Waals surface area contributed by atoms with Gasteiger partial charge >= 0.3 is 0 Å². The molecule has 0 aliphatic heterocycles. The van der Waals surface area contributed by atoms with Crippen molar-refractivity contribution < 1.29 is 14.3 Å². The molecule has 1 aliphatic carbocycles. The molecular formula is C21H20N2O4. The van der Waals surface area contributed by atoms with Gasteiger partial charge in [0.2, 0.25) is 0 Å². The van der Waals surface area contributed by atoms with Crippen molar-refractivity contribution in [1.29, 1.82) is 0 Å². The summed E-state index contributed by atoms with van der Waals surface area (Å²) in [5.41, 5.74) is 3.35. The van der Waals surface area contributed by atoms with Crippen LogP contribution in [0.2, 0.25) is 0 Å². The first-order valence-electron chi connectivity index (χ1n) is 8.89. The number of amides is 1. The molecule has 0 saturated carbocycles. The predicted molar refractivity (Wildman–Crippen MR) is 104 cm³/mol. The molecule has 1 aliphatic rings. The molecule has 138 valence electrons. The topological polar surface area (TPSA) is 80.4 Å². The Morgan fingerprint density at radius 3 is 2.70 bits per heavy atom. The van der Waals surface area contributed by atoms with Gasteiger partial charge in [0.15, 0.2) is 18.1 Å². The van der Waals surface area contributed by atoms with Gasteiger partial charge in [0, 0.05) is 16.6 Å². The Balaban J connectivity index is 1.49. The lowest BCUT2D eigenvalue weighted by Crippen LogP contribution is -2.20. The van der Waals surface area contributed by atoms with Crippen molar-refractivity contribution in [3.05, 3.63) is 63.9 Å².